The Morgan fingerprint density at radius 1 is 0.970 bits per heavy atom. The van der Waals surface area contributed by atoms with E-state index in [9.17, 15) is 18.4 Å². The molecule has 7 nitrogen and oxygen atoms in total. The van der Waals surface area contributed by atoms with E-state index in [-0.39, 0.29) is 12.4 Å². The first kappa shape index (κ1) is 22.4. The number of amides is 1. The Morgan fingerprint density at radius 2 is 1.70 bits per heavy atom. The Morgan fingerprint density at radius 3 is 2.48 bits per heavy atom. The van der Waals surface area contributed by atoms with Crippen LogP contribution in [0.15, 0.2) is 71.6 Å². The van der Waals surface area contributed by atoms with Gasteiger partial charge >= 0.3 is 5.97 Å². The largest absolute Gasteiger partial charge is 0.454 e. The summed E-state index contributed by atoms with van der Waals surface area (Å²) in [6.07, 6.45) is 0. The minimum absolute atomic E-state index is 0.122. The van der Waals surface area contributed by atoms with Crippen molar-refractivity contribution in [1.82, 2.24) is 0 Å². The van der Waals surface area contributed by atoms with E-state index in [0.717, 1.165) is 0 Å². The number of nitrogens with one attached hydrogen (secondary N) is 2. The molecule has 4 rings (SSSR count). The quantitative estimate of drug-likeness (QED) is 0.341. The van der Waals surface area contributed by atoms with Gasteiger partial charge in [-0.05, 0) is 48.5 Å². The van der Waals surface area contributed by atoms with Gasteiger partial charge < -0.3 is 24.8 Å². The molecular weight excluding hydrogens is 454 g/mol. The van der Waals surface area contributed by atoms with Crippen LogP contribution in [0.25, 0.3) is 0 Å². The molecule has 0 unspecified atom stereocenters. The number of fused-ring (bicyclic) bond motifs is 1. The van der Waals surface area contributed by atoms with Gasteiger partial charge in [-0.15, -0.1) is 0 Å². The van der Waals surface area contributed by atoms with Gasteiger partial charge in [-0.3, -0.25) is 4.79 Å². The van der Waals surface area contributed by atoms with Crippen molar-refractivity contribution in [2.45, 2.75) is 10.7 Å². The van der Waals surface area contributed by atoms with Crippen LogP contribution in [0.2, 0.25) is 0 Å². The molecule has 3 aromatic rings. The van der Waals surface area contributed by atoms with Crippen LogP contribution >= 0.6 is 11.8 Å². The summed E-state index contributed by atoms with van der Waals surface area (Å²) < 4.78 is 40.6. The summed E-state index contributed by atoms with van der Waals surface area (Å²) in [5.74, 6) is -2.60. The molecule has 33 heavy (non-hydrogen) atoms. The van der Waals surface area contributed by atoms with Gasteiger partial charge in [0.15, 0.2) is 18.1 Å². The third kappa shape index (κ3) is 5.92. The minimum atomic E-state index is -2.50. The number of thioether (sulfide) groups is 1. The number of anilines is 3. The Kier molecular flexibility index (Phi) is 6.94. The van der Waals surface area contributed by atoms with E-state index in [4.69, 9.17) is 14.2 Å². The number of benzene rings is 3. The number of carbonyl (C=O) groups is 2. The maximum atomic E-state index is 12.6. The molecule has 1 aliphatic heterocycles. The molecule has 0 aliphatic carbocycles. The summed E-state index contributed by atoms with van der Waals surface area (Å²) in [6.45, 7) is -0.363. The van der Waals surface area contributed by atoms with E-state index in [2.05, 4.69) is 10.6 Å². The smallest absolute Gasteiger partial charge is 0.340 e. The van der Waals surface area contributed by atoms with E-state index in [1.807, 2.05) is 0 Å². The van der Waals surface area contributed by atoms with Crippen molar-refractivity contribution in [3.8, 4) is 11.5 Å². The summed E-state index contributed by atoms with van der Waals surface area (Å²) in [5, 5.41) is 5.69. The van der Waals surface area contributed by atoms with Gasteiger partial charge in [0.25, 0.3) is 11.7 Å². The number of ether oxygens (including phenoxy) is 3. The Balaban J connectivity index is 1.35. The lowest BCUT2D eigenvalue weighted by Crippen LogP contribution is -2.21. The van der Waals surface area contributed by atoms with Crippen molar-refractivity contribution in [1.29, 1.82) is 0 Å². The Bertz CT molecular complexity index is 1160. The predicted octanol–water partition coefficient (Wildman–Crippen LogP) is 5.27. The van der Waals surface area contributed by atoms with Crippen molar-refractivity contribution < 1.29 is 32.6 Å². The first-order valence-electron chi connectivity index (χ1n) is 9.75. The fourth-order valence-electron chi connectivity index (χ4n) is 3.03. The highest BCUT2D eigenvalue weighted by molar-refractivity contribution is 7.99. The summed E-state index contributed by atoms with van der Waals surface area (Å²) in [5.41, 5.74) is 1.76. The Labute approximate surface area is 192 Å². The SMILES string of the molecule is O=C(COC(=O)c1ccccc1Nc1ccc(SC(F)F)cc1)Nc1ccc2c(c1)OCO2. The average Bonchev–Trinajstić information content (AvgIpc) is 3.27. The number of esters is 1. The minimum Gasteiger partial charge on any atom is -0.454 e. The highest BCUT2D eigenvalue weighted by Crippen LogP contribution is 2.34. The first-order valence-corrected chi connectivity index (χ1v) is 10.6. The molecule has 0 fully saturated rings. The van der Waals surface area contributed by atoms with Crippen molar-refractivity contribution in [3.63, 3.8) is 0 Å². The summed E-state index contributed by atoms with van der Waals surface area (Å²) >= 11 is 0.451. The zero-order valence-corrected chi connectivity index (χ0v) is 17.9. The van der Waals surface area contributed by atoms with Crippen LogP contribution in [0.3, 0.4) is 0 Å². The number of halogens is 2. The standard InChI is InChI=1S/C23H18F2N2O5S/c24-23(25)33-16-8-5-14(6-9-16)26-18-4-2-1-3-17(18)22(29)30-12-21(28)27-15-7-10-19-20(11-15)32-13-31-19/h1-11,23,26H,12-13H2,(H,27,28). The third-order valence-corrected chi connectivity index (χ3v) is 5.22. The molecule has 3 aromatic carbocycles. The number of carbonyl (C=O) groups excluding carboxylic acids is 2. The summed E-state index contributed by atoms with van der Waals surface area (Å²) in [6, 6.07) is 17.9. The van der Waals surface area contributed by atoms with Crippen LogP contribution in [0.4, 0.5) is 25.8 Å². The van der Waals surface area contributed by atoms with Crippen LogP contribution < -0.4 is 20.1 Å². The van der Waals surface area contributed by atoms with Crippen molar-refractivity contribution >= 4 is 40.7 Å². The molecule has 0 radical (unpaired) electrons. The van der Waals surface area contributed by atoms with E-state index >= 15 is 0 Å². The second kappa shape index (κ2) is 10.2. The summed E-state index contributed by atoms with van der Waals surface area (Å²) in [4.78, 5) is 25.2. The molecule has 0 spiro atoms. The van der Waals surface area contributed by atoms with Gasteiger partial charge in [0.2, 0.25) is 6.79 Å². The van der Waals surface area contributed by atoms with E-state index in [0.29, 0.717) is 45.2 Å². The number of hydrogen-bond donors (Lipinski definition) is 2. The Hall–Kier alpha value is -3.79. The molecule has 0 saturated carbocycles. The van der Waals surface area contributed by atoms with Crippen LogP contribution in [-0.2, 0) is 9.53 Å². The molecule has 1 aliphatic rings. The summed E-state index contributed by atoms with van der Waals surface area (Å²) in [7, 11) is 0. The van der Waals surface area contributed by atoms with E-state index < -0.39 is 24.2 Å². The zero-order chi connectivity index (χ0) is 23.2. The maximum Gasteiger partial charge on any atom is 0.340 e. The topological polar surface area (TPSA) is 85.9 Å². The first-order chi connectivity index (χ1) is 16.0. The zero-order valence-electron chi connectivity index (χ0n) is 17.0. The number of hydrogen-bond acceptors (Lipinski definition) is 7. The fraction of sp³-hybridized carbons (Fsp3) is 0.130. The van der Waals surface area contributed by atoms with Gasteiger partial charge in [-0.1, -0.05) is 23.9 Å². The van der Waals surface area contributed by atoms with Crippen molar-refractivity contribution in [2.24, 2.45) is 0 Å². The predicted molar refractivity (Wildman–Crippen MR) is 120 cm³/mol. The second-order valence-corrected chi connectivity index (χ2v) is 7.83. The molecule has 1 heterocycles. The van der Waals surface area contributed by atoms with Gasteiger partial charge in [0, 0.05) is 22.3 Å². The molecular formula is C23H18F2N2O5S. The highest BCUT2D eigenvalue weighted by Gasteiger charge is 2.17. The average molecular weight is 472 g/mol. The number of rotatable bonds is 8. The lowest BCUT2D eigenvalue weighted by atomic mass is 10.1. The van der Waals surface area contributed by atoms with Crippen LogP contribution in [-0.4, -0.2) is 31.0 Å². The fourth-order valence-corrected chi connectivity index (χ4v) is 3.52. The molecule has 1 amide bonds. The van der Waals surface area contributed by atoms with Crippen LogP contribution in [0.1, 0.15) is 10.4 Å². The lowest BCUT2D eigenvalue weighted by Gasteiger charge is -2.12. The monoisotopic (exact) mass is 472 g/mol. The molecule has 10 heteroatoms. The van der Waals surface area contributed by atoms with Gasteiger partial charge in [0.05, 0.1) is 11.3 Å². The number of alkyl halides is 2. The van der Waals surface area contributed by atoms with Crippen molar-refractivity contribution in [2.75, 3.05) is 24.0 Å². The third-order valence-electron chi connectivity index (χ3n) is 4.50. The molecule has 0 atom stereocenters. The van der Waals surface area contributed by atoms with Gasteiger partial charge in [-0.2, -0.15) is 8.78 Å². The maximum absolute atomic E-state index is 12.6. The molecule has 170 valence electrons. The van der Waals surface area contributed by atoms with Gasteiger partial charge in [-0.25, -0.2) is 4.79 Å². The van der Waals surface area contributed by atoms with E-state index in [1.54, 1.807) is 66.7 Å². The van der Waals surface area contributed by atoms with Crippen LogP contribution in [0.5, 0.6) is 11.5 Å². The van der Waals surface area contributed by atoms with Crippen molar-refractivity contribution in [3.05, 3.63) is 72.3 Å². The highest BCUT2D eigenvalue weighted by atomic mass is 32.2. The van der Waals surface area contributed by atoms with E-state index in [1.165, 1.54) is 0 Å². The molecule has 0 bridgehead atoms. The normalized spacial score (nSPS) is 11.8. The lowest BCUT2D eigenvalue weighted by molar-refractivity contribution is -0.119. The van der Waals surface area contributed by atoms with Crippen LogP contribution in [0, 0.1) is 0 Å². The second-order valence-electron chi connectivity index (χ2n) is 6.77. The number of para-hydroxylation sites is 1. The molecule has 0 aromatic heterocycles. The van der Waals surface area contributed by atoms with Gasteiger partial charge in [0.1, 0.15) is 0 Å². The molecule has 2 N–H and O–H groups in total. The molecule has 0 saturated heterocycles.